The molecule has 0 amide bonds. The SMILES string of the molecule is C[C@@H]([C@H]1CC[C@H]2[C@@H](O[Si](C)(C)C(C)(C)C)CCC[C@]12C)C(F)(F)C(=O)O. The van der Waals surface area contributed by atoms with Gasteiger partial charge in [0.25, 0.3) is 0 Å². The first-order valence-electron chi connectivity index (χ1n) is 9.93. The summed E-state index contributed by atoms with van der Waals surface area (Å²) >= 11 is 0. The molecule has 5 atom stereocenters. The van der Waals surface area contributed by atoms with E-state index in [1.165, 1.54) is 6.92 Å². The molecule has 152 valence electrons. The molecule has 0 aliphatic heterocycles. The highest BCUT2D eigenvalue weighted by atomic mass is 28.4. The molecule has 2 aliphatic rings. The second-order valence-electron chi connectivity index (χ2n) is 10.3. The molecule has 0 radical (unpaired) electrons. The molecule has 0 unspecified atom stereocenters. The van der Waals surface area contributed by atoms with Crippen molar-refractivity contribution < 1.29 is 23.1 Å². The summed E-state index contributed by atoms with van der Waals surface area (Å²) in [6.07, 6.45) is 4.49. The van der Waals surface area contributed by atoms with Crippen LogP contribution in [0, 0.1) is 23.2 Å². The average molecular weight is 391 g/mol. The Kier molecular flexibility index (Phi) is 5.73. The molecule has 26 heavy (non-hydrogen) atoms. The number of rotatable bonds is 5. The van der Waals surface area contributed by atoms with Gasteiger partial charge in [0.05, 0.1) is 0 Å². The Morgan fingerprint density at radius 2 is 1.81 bits per heavy atom. The minimum Gasteiger partial charge on any atom is -0.477 e. The van der Waals surface area contributed by atoms with E-state index in [4.69, 9.17) is 9.53 Å². The maximum absolute atomic E-state index is 14.2. The van der Waals surface area contributed by atoms with Gasteiger partial charge in [0.15, 0.2) is 8.32 Å². The van der Waals surface area contributed by atoms with Crippen molar-refractivity contribution in [2.24, 2.45) is 23.2 Å². The van der Waals surface area contributed by atoms with Crippen molar-refractivity contribution in [1.82, 2.24) is 0 Å². The Labute approximate surface area is 158 Å². The third-order valence-electron chi connectivity index (χ3n) is 7.85. The van der Waals surface area contributed by atoms with Crippen LogP contribution in [0.5, 0.6) is 0 Å². The third kappa shape index (κ3) is 3.60. The van der Waals surface area contributed by atoms with Crippen molar-refractivity contribution in [3.63, 3.8) is 0 Å². The van der Waals surface area contributed by atoms with Gasteiger partial charge in [-0.2, -0.15) is 8.78 Å². The molecule has 2 rings (SSSR count). The summed E-state index contributed by atoms with van der Waals surface area (Å²) < 4.78 is 35.2. The molecule has 0 aromatic heterocycles. The van der Waals surface area contributed by atoms with Crippen LogP contribution in [-0.4, -0.2) is 31.4 Å². The number of halogens is 2. The minimum atomic E-state index is -3.67. The summed E-state index contributed by atoms with van der Waals surface area (Å²) in [5, 5.41) is 9.09. The summed E-state index contributed by atoms with van der Waals surface area (Å²) in [6.45, 7) is 14.7. The number of fused-ring (bicyclic) bond motifs is 1. The van der Waals surface area contributed by atoms with E-state index in [9.17, 15) is 13.6 Å². The molecule has 3 nitrogen and oxygen atoms in total. The Morgan fingerprint density at radius 3 is 2.31 bits per heavy atom. The highest BCUT2D eigenvalue weighted by Crippen LogP contribution is 2.60. The molecule has 6 heteroatoms. The van der Waals surface area contributed by atoms with Crippen LogP contribution < -0.4 is 0 Å². The van der Waals surface area contributed by atoms with Gasteiger partial charge in [-0.25, -0.2) is 4.79 Å². The van der Waals surface area contributed by atoms with E-state index in [-0.39, 0.29) is 28.4 Å². The van der Waals surface area contributed by atoms with Crippen LogP contribution in [0.15, 0.2) is 0 Å². The molecule has 2 fully saturated rings. The van der Waals surface area contributed by atoms with Gasteiger partial charge in [-0.3, -0.25) is 0 Å². The molecule has 0 aromatic rings. The Morgan fingerprint density at radius 1 is 1.23 bits per heavy atom. The second-order valence-corrected chi connectivity index (χ2v) is 15.1. The van der Waals surface area contributed by atoms with E-state index < -0.39 is 26.1 Å². The first-order valence-corrected chi connectivity index (χ1v) is 12.8. The normalized spacial score (nSPS) is 34.4. The highest BCUT2D eigenvalue weighted by Gasteiger charge is 2.59. The average Bonchev–Trinajstić information content (AvgIpc) is 2.82. The predicted octanol–water partition coefficient (Wildman–Crippen LogP) is 5.95. The van der Waals surface area contributed by atoms with Crippen LogP contribution in [0.3, 0.4) is 0 Å². The van der Waals surface area contributed by atoms with Crippen molar-refractivity contribution in [2.45, 2.75) is 96.9 Å². The van der Waals surface area contributed by atoms with Crippen LogP contribution in [0.2, 0.25) is 18.1 Å². The smallest absolute Gasteiger partial charge is 0.374 e. The maximum atomic E-state index is 14.2. The van der Waals surface area contributed by atoms with Crippen molar-refractivity contribution in [3.8, 4) is 0 Å². The first kappa shape index (κ1) is 21.8. The van der Waals surface area contributed by atoms with Crippen LogP contribution in [-0.2, 0) is 9.22 Å². The largest absolute Gasteiger partial charge is 0.477 e. The third-order valence-corrected chi connectivity index (χ3v) is 12.4. The lowest BCUT2D eigenvalue weighted by atomic mass is 9.61. The van der Waals surface area contributed by atoms with Gasteiger partial charge in [-0.1, -0.05) is 41.0 Å². The molecular formula is C20H36F2O3Si. The Balaban J connectivity index is 2.24. The zero-order valence-corrected chi connectivity index (χ0v) is 18.4. The van der Waals surface area contributed by atoms with E-state index in [0.29, 0.717) is 6.42 Å². The number of alkyl halides is 2. The fourth-order valence-corrected chi connectivity index (χ4v) is 6.52. The first-order chi connectivity index (χ1) is 11.6. The van der Waals surface area contributed by atoms with E-state index >= 15 is 0 Å². The van der Waals surface area contributed by atoms with Gasteiger partial charge < -0.3 is 9.53 Å². The summed E-state index contributed by atoms with van der Waals surface area (Å²) in [6, 6.07) is 0. The van der Waals surface area contributed by atoms with E-state index in [1.54, 1.807) is 0 Å². The maximum Gasteiger partial charge on any atom is 0.374 e. The van der Waals surface area contributed by atoms with Crippen molar-refractivity contribution >= 4 is 14.3 Å². The van der Waals surface area contributed by atoms with Crippen molar-refractivity contribution in [3.05, 3.63) is 0 Å². The molecule has 0 spiro atoms. The number of hydrogen-bond donors (Lipinski definition) is 1. The molecule has 2 saturated carbocycles. The minimum absolute atomic E-state index is 0.114. The quantitative estimate of drug-likeness (QED) is 0.590. The topological polar surface area (TPSA) is 46.5 Å². The van der Waals surface area contributed by atoms with Gasteiger partial charge >= 0.3 is 11.9 Å². The fraction of sp³-hybridized carbons (Fsp3) is 0.950. The lowest BCUT2D eigenvalue weighted by Gasteiger charge is -2.50. The zero-order chi connectivity index (χ0) is 20.1. The van der Waals surface area contributed by atoms with Gasteiger partial charge in [0.1, 0.15) is 0 Å². The van der Waals surface area contributed by atoms with E-state index in [1.807, 2.05) is 0 Å². The van der Waals surface area contributed by atoms with E-state index in [0.717, 1.165) is 25.7 Å². The Hall–Kier alpha value is -0.493. The number of carbonyl (C=O) groups is 1. The molecule has 0 aromatic carbocycles. The number of carboxylic acids is 1. The van der Waals surface area contributed by atoms with Crippen LogP contribution >= 0.6 is 0 Å². The highest BCUT2D eigenvalue weighted by molar-refractivity contribution is 6.74. The summed E-state index contributed by atoms with van der Waals surface area (Å²) in [5.74, 6) is -6.84. The Bertz CT molecular complexity index is 544. The molecule has 0 bridgehead atoms. The second kappa shape index (κ2) is 6.84. The van der Waals surface area contributed by atoms with Gasteiger partial charge in [0.2, 0.25) is 0 Å². The van der Waals surface area contributed by atoms with Crippen LogP contribution in [0.25, 0.3) is 0 Å². The zero-order valence-electron chi connectivity index (χ0n) is 17.4. The molecule has 2 aliphatic carbocycles. The summed E-state index contributed by atoms with van der Waals surface area (Å²) in [7, 11) is -1.93. The fourth-order valence-electron chi connectivity index (χ4n) is 5.13. The van der Waals surface area contributed by atoms with Gasteiger partial charge in [-0.05, 0) is 61.1 Å². The lowest BCUT2D eigenvalue weighted by Crippen LogP contribution is -2.51. The number of carboxylic acid groups (broad SMARTS) is 1. The summed E-state index contributed by atoms with van der Waals surface area (Å²) in [5.41, 5.74) is -0.260. The molecule has 0 saturated heterocycles. The lowest BCUT2D eigenvalue weighted by molar-refractivity contribution is -0.179. The van der Waals surface area contributed by atoms with Crippen LogP contribution in [0.4, 0.5) is 8.78 Å². The van der Waals surface area contributed by atoms with Gasteiger partial charge in [0, 0.05) is 12.0 Å². The number of aliphatic carboxylic acids is 1. The predicted molar refractivity (Wildman–Crippen MR) is 102 cm³/mol. The standard InChI is InChI=1S/C20H36F2O3Si/c1-13(20(21,22)17(23)24)14-10-11-15-16(9-8-12-19(14,15)5)25-26(6,7)18(2,3)4/h13-16H,8-12H2,1-7H3,(H,23,24)/t13-,14+,15-,16-,19+/m0/s1. The molecule has 1 N–H and O–H groups in total. The number of hydrogen-bond acceptors (Lipinski definition) is 2. The monoisotopic (exact) mass is 390 g/mol. The van der Waals surface area contributed by atoms with Crippen molar-refractivity contribution in [2.75, 3.05) is 0 Å². The van der Waals surface area contributed by atoms with E-state index in [2.05, 4.69) is 40.8 Å². The van der Waals surface area contributed by atoms with Crippen molar-refractivity contribution in [1.29, 1.82) is 0 Å². The van der Waals surface area contributed by atoms with Crippen LogP contribution in [0.1, 0.15) is 66.7 Å². The van der Waals surface area contributed by atoms with Gasteiger partial charge in [-0.15, -0.1) is 0 Å². The molecular weight excluding hydrogens is 354 g/mol. The molecule has 0 heterocycles. The summed E-state index contributed by atoms with van der Waals surface area (Å²) in [4.78, 5) is 11.1.